The van der Waals surface area contributed by atoms with Gasteiger partial charge in [0.1, 0.15) is 29.0 Å². The maximum Gasteiger partial charge on any atom is 0.170 e. The number of phenolic OH excluding ortho intramolecular Hbond substituents is 1. The number of ketones is 1. The van der Waals surface area contributed by atoms with E-state index in [1.165, 1.54) is 12.1 Å². The van der Waals surface area contributed by atoms with Gasteiger partial charge in [0.05, 0.1) is 12.0 Å². The van der Waals surface area contributed by atoms with Crippen molar-refractivity contribution in [1.29, 1.82) is 0 Å². The van der Waals surface area contributed by atoms with Crippen molar-refractivity contribution in [1.82, 2.24) is 0 Å². The number of aromatic hydroxyl groups is 1. The molecule has 24 heavy (non-hydrogen) atoms. The van der Waals surface area contributed by atoms with Crippen LogP contribution in [0.4, 0.5) is 0 Å². The molecule has 0 amide bonds. The van der Waals surface area contributed by atoms with Gasteiger partial charge in [-0.15, -0.1) is 0 Å². The average Bonchev–Trinajstić information content (AvgIpc) is 2.53. The fraction of sp³-hybridized carbons (Fsp3) is 0.250. The monoisotopic (exact) mass is 322 g/mol. The molecule has 2 aromatic rings. The first kappa shape index (κ1) is 14.8. The van der Waals surface area contributed by atoms with E-state index in [-0.39, 0.29) is 29.7 Å². The molecule has 0 aromatic heterocycles. The summed E-state index contributed by atoms with van der Waals surface area (Å²) in [6.07, 6.45) is 3.97. The Kier molecular flexibility index (Phi) is 3.17. The Balaban J connectivity index is 1.67. The minimum atomic E-state index is -0.361. The molecule has 0 unspecified atom stereocenters. The number of ether oxygens (including phenoxy) is 2. The normalized spacial score (nSPS) is 20.6. The molecule has 0 aliphatic carbocycles. The van der Waals surface area contributed by atoms with E-state index in [1.54, 1.807) is 6.07 Å². The summed E-state index contributed by atoms with van der Waals surface area (Å²) >= 11 is 0. The second-order valence-corrected chi connectivity index (χ2v) is 6.75. The van der Waals surface area contributed by atoms with E-state index in [1.807, 2.05) is 44.2 Å². The molecular formula is C20H18O4. The summed E-state index contributed by atoms with van der Waals surface area (Å²) in [5.41, 5.74) is 2.10. The number of fused-ring (bicyclic) bond motifs is 2. The standard InChI is InChI=1S/C20H18O4/c1-20(2)8-7-13-9-12(3-6-17(13)24-20)18-11-16(22)15-5-4-14(21)10-19(15)23-18/h3-10,18,21H,11H2,1-2H3/t18-/m0/s1. The summed E-state index contributed by atoms with van der Waals surface area (Å²) in [6, 6.07) is 10.4. The number of benzene rings is 2. The van der Waals surface area contributed by atoms with Crippen LogP contribution in [0.15, 0.2) is 42.5 Å². The molecule has 0 bridgehead atoms. The Morgan fingerprint density at radius 3 is 2.79 bits per heavy atom. The molecule has 0 fully saturated rings. The van der Waals surface area contributed by atoms with Gasteiger partial charge in [0.25, 0.3) is 0 Å². The number of carbonyl (C=O) groups is 1. The van der Waals surface area contributed by atoms with Gasteiger partial charge >= 0.3 is 0 Å². The quantitative estimate of drug-likeness (QED) is 0.851. The number of carbonyl (C=O) groups excluding carboxylic acids is 1. The lowest BCUT2D eigenvalue weighted by Gasteiger charge is -2.29. The summed E-state index contributed by atoms with van der Waals surface area (Å²) in [5, 5.41) is 9.62. The number of phenols is 1. The van der Waals surface area contributed by atoms with Gasteiger partial charge in [0, 0.05) is 11.6 Å². The summed E-state index contributed by atoms with van der Waals surface area (Å²) in [4.78, 5) is 12.4. The minimum Gasteiger partial charge on any atom is -0.508 e. The van der Waals surface area contributed by atoms with E-state index in [2.05, 4.69) is 0 Å². The maximum atomic E-state index is 12.4. The molecular weight excluding hydrogens is 304 g/mol. The van der Waals surface area contributed by atoms with Crippen LogP contribution in [0.1, 0.15) is 47.9 Å². The van der Waals surface area contributed by atoms with Gasteiger partial charge in [-0.05, 0) is 49.8 Å². The molecule has 1 atom stereocenters. The average molecular weight is 322 g/mol. The number of hydrogen-bond acceptors (Lipinski definition) is 4. The summed E-state index contributed by atoms with van der Waals surface area (Å²) in [7, 11) is 0. The minimum absolute atomic E-state index is 0.0203. The first-order chi connectivity index (χ1) is 11.4. The van der Waals surface area contributed by atoms with Crippen LogP contribution in [0.3, 0.4) is 0 Å². The van der Waals surface area contributed by atoms with Crippen LogP contribution in [-0.2, 0) is 0 Å². The third-order valence-electron chi connectivity index (χ3n) is 4.35. The van der Waals surface area contributed by atoms with E-state index in [9.17, 15) is 9.90 Å². The van der Waals surface area contributed by atoms with Crippen molar-refractivity contribution in [3.05, 3.63) is 59.2 Å². The SMILES string of the molecule is CC1(C)C=Cc2cc([C@@H]3CC(=O)c4ccc(O)cc4O3)ccc2O1. The topological polar surface area (TPSA) is 55.8 Å². The van der Waals surface area contributed by atoms with Crippen LogP contribution < -0.4 is 9.47 Å². The number of hydrogen-bond donors (Lipinski definition) is 1. The molecule has 1 N–H and O–H groups in total. The fourth-order valence-electron chi connectivity index (χ4n) is 3.10. The van der Waals surface area contributed by atoms with Gasteiger partial charge < -0.3 is 14.6 Å². The molecule has 0 radical (unpaired) electrons. The van der Waals surface area contributed by atoms with Crippen LogP contribution in [0.25, 0.3) is 6.08 Å². The van der Waals surface area contributed by atoms with Gasteiger partial charge in [-0.2, -0.15) is 0 Å². The Hall–Kier alpha value is -2.75. The first-order valence-corrected chi connectivity index (χ1v) is 7.96. The Morgan fingerprint density at radius 1 is 1.12 bits per heavy atom. The third-order valence-corrected chi connectivity index (χ3v) is 4.35. The van der Waals surface area contributed by atoms with Gasteiger partial charge in [-0.3, -0.25) is 4.79 Å². The van der Waals surface area contributed by atoms with E-state index in [4.69, 9.17) is 9.47 Å². The molecule has 0 saturated carbocycles. The fourth-order valence-corrected chi connectivity index (χ4v) is 3.10. The number of rotatable bonds is 1. The highest BCUT2D eigenvalue weighted by atomic mass is 16.5. The molecule has 2 aliphatic heterocycles. The molecule has 4 heteroatoms. The van der Waals surface area contributed by atoms with Crippen molar-refractivity contribution in [2.75, 3.05) is 0 Å². The van der Waals surface area contributed by atoms with E-state index < -0.39 is 0 Å². The Labute approximate surface area is 140 Å². The van der Waals surface area contributed by atoms with E-state index in [0.717, 1.165) is 16.9 Å². The second kappa shape index (κ2) is 5.13. The van der Waals surface area contributed by atoms with Crippen molar-refractivity contribution in [3.63, 3.8) is 0 Å². The van der Waals surface area contributed by atoms with Gasteiger partial charge in [-0.1, -0.05) is 12.1 Å². The first-order valence-electron chi connectivity index (χ1n) is 7.96. The lowest BCUT2D eigenvalue weighted by atomic mass is 9.94. The van der Waals surface area contributed by atoms with E-state index in [0.29, 0.717) is 11.3 Å². The van der Waals surface area contributed by atoms with Crippen molar-refractivity contribution < 1.29 is 19.4 Å². The molecule has 0 saturated heterocycles. The third kappa shape index (κ3) is 2.54. The molecule has 2 aromatic carbocycles. The highest BCUT2D eigenvalue weighted by molar-refractivity contribution is 6.00. The van der Waals surface area contributed by atoms with Crippen LogP contribution >= 0.6 is 0 Å². The zero-order chi connectivity index (χ0) is 16.9. The van der Waals surface area contributed by atoms with Crippen LogP contribution in [-0.4, -0.2) is 16.5 Å². The molecule has 0 spiro atoms. The predicted octanol–water partition coefficient (Wildman–Crippen LogP) is 4.28. The van der Waals surface area contributed by atoms with Crippen LogP contribution in [0, 0.1) is 0 Å². The molecule has 4 nitrogen and oxygen atoms in total. The largest absolute Gasteiger partial charge is 0.508 e. The Bertz CT molecular complexity index is 864. The molecule has 4 rings (SSSR count). The highest BCUT2D eigenvalue weighted by Gasteiger charge is 2.29. The van der Waals surface area contributed by atoms with Crippen LogP contribution in [0.5, 0.6) is 17.2 Å². The Morgan fingerprint density at radius 2 is 1.96 bits per heavy atom. The maximum absolute atomic E-state index is 12.4. The summed E-state index contributed by atoms with van der Waals surface area (Å²) < 4.78 is 11.9. The van der Waals surface area contributed by atoms with Crippen molar-refractivity contribution >= 4 is 11.9 Å². The van der Waals surface area contributed by atoms with E-state index >= 15 is 0 Å². The van der Waals surface area contributed by atoms with Crippen molar-refractivity contribution in [3.8, 4) is 17.2 Å². The lowest BCUT2D eigenvalue weighted by Crippen LogP contribution is -2.27. The summed E-state index contributed by atoms with van der Waals surface area (Å²) in [5.74, 6) is 1.37. The predicted molar refractivity (Wildman–Crippen MR) is 90.6 cm³/mol. The molecule has 2 heterocycles. The van der Waals surface area contributed by atoms with Gasteiger partial charge in [0.2, 0.25) is 0 Å². The summed E-state index contributed by atoms with van der Waals surface area (Å²) in [6.45, 7) is 4.01. The molecule has 122 valence electrons. The van der Waals surface area contributed by atoms with Crippen molar-refractivity contribution in [2.24, 2.45) is 0 Å². The zero-order valence-corrected chi connectivity index (χ0v) is 13.6. The lowest BCUT2D eigenvalue weighted by molar-refractivity contribution is 0.0849. The van der Waals surface area contributed by atoms with Crippen LogP contribution in [0.2, 0.25) is 0 Å². The van der Waals surface area contributed by atoms with Gasteiger partial charge in [0.15, 0.2) is 5.78 Å². The van der Waals surface area contributed by atoms with Gasteiger partial charge in [-0.25, -0.2) is 0 Å². The molecule has 2 aliphatic rings. The number of Topliss-reactive ketones (excluding diaryl/α,β-unsaturated/α-hetero) is 1. The second-order valence-electron chi connectivity index (χ2n) is 6.75. The van der Waals surface area contributed by atoms with Crippen molar-refractivity contribution in [2.45, 2.75) is 32.0 Å². The zero-order valence-electron chi connectivity index (χ0n) is 13.6. The smallest absolute Gasteiger partial charge is 0.170 e. The highest BCUT2D eigenvalue weighted by Crippen LogP contribution is 2.39.